The van der Waals surface area contributed by atoms with Crippen molar-refractivity contribution in [3.05, 3.63) is 46.7 Å². The van der Waals surface area contributed by atoms with Crippen LogP contribution in [0.15, 0.2) is 30.6 Å². The highest BCUT2D eigenvalue weighted by Gasteiger charge is 2.33. The molecule has 2 amide bonds. The van der Waals surface area contributed by atoms with Gasteiger partial charge in [0.15, 0.2) is 0 Å². The van der Waals surface area contributed by atoms with E-state index in [1.165, 1.54) is 6.33 Å². The van der Waals surface area contributed by atoms with Crippen molar-refractivity contribution in [1.29, 1.82) is 0 Å². The number of nitrogens with zero attached hydrogens (tertiary/aromatic N) is 4. The average Bonchev–Trinajstić information content (AvgIpc) is 2.81. The number of hydrogen-bond acceptors (Lipinski definition) is 7. The molecule has 1 saturated heterocycles. The van der Waals surface area contributed by atoms with Crippen LogP contribution in [0, 0.1) is 6.92 Å². The van der Waals surface area contributed by atoms with Gasteiger partial charge in [0.2, 0.25) is 11.8 Å². The van der Waals surface area contributed by atoms with Crippen molar-refractivity contribution in [2.75, 3.05) is 50.0 Å². The van der Waals surface area contributed by atoms with Gasteiger partial charge < -0.3 is 25.8 Å². The minimum absolute atomic E-state index is 0.0122. The molecule has 0 aliphatic carbocycles. The third-order valence-electron chi connectivity index (χ3n) is 6.16. The number of halogens is 1. The molecule has 0 bridgehead atoms. The van der Waals surface area contributed by atoms with E-state index in [0.29, 0.717) is 37.0 Å². The minimum atomic E-state index is -0.293. The van der Waals surface area contributed by atoms with Crippen molar-refractivity contribution in [2.45, 2.75) is 45.7 Å². The predicted octanol–water partition coefficient (Wildman–Crippen LogP) is 2.42. The number of benzene rings is 1. The van der Waals surface area contributed by atoms with Crippen LogP contribution in [0.25, 0.3) is 0 Å². The summed E-state index contributed by atoms with van der Waals surface area (Å²) in [6.07, 6.45) is 1.47. The standard InChI is InChI=1S/C25H36ClN7O2/c1-16(2)28-12-21(19-6-8-20(26)9-7-19)25(35)33-11-10-32(14-17(33)3)24-18(4)23(29-15-30-24)31-22(34)13-27-5/h6-9,15-17,21,27-28H,10-14H2,1-5H3,(H,29,30,31,34)/t17-,21+/m0/s1. The zero-order valence-electron chi connectivity index (χ0n) is 21.1. The van der Waals surface area contributed by atoms with Crippen LogP contribution in [0.2, 0.25) is 5.02 Å². The largest absolute Gasteiger partial charge is 0.352 e. The van der Waals surface area contributed by atoms with Gasteiger partial charge in [-0.25, -0.2) is 9.97 Å². The number of carbonyl (C=O) groups excluding carboxylic acids is 2. The van der Waals surface area contributed by atoms with Crippen LogP contribution in [0.1, 0.15) is 37.8 Å². The third-order valence-corrected chi connectivity index (χ3v) is 6.42. The number of rotatable bonds is 9. The second-order valence-corrected chi connectivity index (χ2v) is 9.68. The second kappa shape index (κ2) is 12.3. The first-order valence-electron chi connectivity index (χ1n) is 12.0. The number of amides is 2. The number of likely N-dealkylation sites (N-methyl/N-ethyl adjacent to an activating group) is 1. The van der Waals surface area contributed by atoms with E-state index in [1.807, 2.05) is 36.1 Å². The normalized spacial score (nSPS) is 16.9. The Bertz CT molecular complexity index is 1020. The van der Waals surface area contributed by atoms with Gasteiger partial charge in [-0.15, -0.1) is 0 Å². The maximum Gasteiger partial charge on any atom is 0.239 e. The van der Waals surface area contributed by atoms with E-state index in [2.05, 4.69) is 51.6 Å². The lowest BCUT2D eigenvalue weighted by atomic mass is 9.95. The predicted molar refractivity (Wildman–Crippen MR) is 140 cm³/mol. The summed E-state index contributed by atoms with van der Waals surface area (Å²) in [5, 5.41) is 9.73. The lowest BCUT2D eigenvalue weighted by molar-refractivity contribution is -0.135. The quantitative estimate of drug-likeness (QED) is 0.485. The van der Waals surface area contributed by atoms with Gasteiger partial charge in [-0.1, -0.05) is 37.6 Å². The highest BCUT2D eigenvalue weighted by molar-refractivity contribution is 6.30. The molecule has 2 atom stereocenters. The summed E-state index contributed by atoms with van der Waals surface area (Å²) < 4.78 is 0. The monoisotopic (exact) mass is 501 g/mol. The Hall–Kier alpha value is -2.75. The minimum Gasteiger partial charge on any atom is -0.352 e. The Balaban J connectivity index is 1.74. The van der Waals surface area contributed by atoms with E-state index in [9.17, 15) is 9.59 Å². The van der Waals surface area contributed by atoms with Gasteiger partial charge in [0.1, 0.15) is 18.0 Å². The van der Waals surface area contributed by atoms with Crippen molar-refractivity contribution in [1.82, 2.24) is 25.5 Å². The van der Waals surface area contributed by atoms with Crippen LogP contribution in [-0.2, 0) is 9.59 Å². The van der Waals surface area contributed by atoms with Gasteiger partial charge in [0.25, 0.3) is 0 Å². The summed E-state index contributed by atoms with van der Waals surface area (Å²) in [6.45, 7) is 10.7. The van der Waals surface area contributed by atoms with Gasteiger partial charge in [-0.2, -0.15) is 0 Å². The van der Waals surface area contributed by atoms with Gasteiger partial charge in [0.05, 0.1) is 12.5 Å². The number of piperazine rings is 1. The van der Waals surface area contributed by atoms with Crippen LogP contribution in [0.3, 0.4) is 0 Å². The van der Waals surface area contributed by atoms with Gasteiger partial charge in [0, 0.05) is 48.8 Å². The lowest BCUT2D eigenvalue weighted by Crippen LogP contribution is -2.56. The first-order chi connectivity index (χ1) is 16.7. The number of hydrogen-bond donors (Lipinski definition) is 3. The number of nitrogens with one attached hydrogen (secondary N) is 3. The van der Waals surface area contributed by atoms with E-state index in [0.717, 1.165) is 16.9 Å². The summed E-state index contributed by atoms with van der Waals surface area (Å²) in [5.41, 5.74) is 1.76. The van der Waals surface area contributed by atoms with Gasteiger partial charge in [-0.3, -0.25) is 9.59 Å². The van der Waals surface area contributed by atoms with Crippen molar-refractivity contribution >= 4 is 35.1 Å². The fourth-order valence-electron chi connectivity index (χ4n) is 4.30. The first kappa shape index (κ1) is 26.8. The van der Waals surface area contributed by atoms with E-state index in [4.69, 9.17) is 11.6 Å². The molecule has 0 unspecified atom stereocenters. The van der Waals surface area contributed by atoms with Gasteiger partial charge >= 0.3 is 0 Å². The number of anilines is 2. The first-order valence-corrected chi connectivity index (χ1v) is 12.4. The average molecular weight is 502 g/mol. The zero-order chi connectivity index (χ0) is 25.5. The molecule has 0 saturated carbocycles. The molecule has 35 heavy (non-hydrogen) atoms. The smallest absolute Gasteiger partial charge is 0.239 e. The second-order valence-electron chi connectivity index (χ2n) is 9.24. The van der Waals surface area contributed by atoms with Crippen LogP contribution >= 0.6 is 11.6 Å². The molecule has 190 valence electrons. The van der Waals surface area contributed by atoms with Crippen LogP contribution in [-0.4, -0.2) is 78.5 Å². The molecule has 1 aromatic heterocycles. The summed E-state index contributed by atoms with van der Waals surface area (Å²) in [7, 11) is 1.72. The van der Waals surface area contributed by atoms with E-state index < -0.39 is 0 Å². The summed E-state index contributed by atoms with van der Waals surface area (Å²) in [4.78, 5) is 38.6. The summed E-state index contributed by atoms with van der Waals surface area (Å²) in [6, 6.07) is 7.79. The maximum absolute atomic E-state index is 13.7. The highest BCUT2D eigenvalue weighted by Crippen LogP contribution is 2.27. The Morgan fingerprint density at radius 2 is 1.89 bits per heavy atom. The summed E-state index contributed by atoms with van der Waals surface area (Å²) in [5.74, 6) is 0.927. The molecule has 1 aliphatic heterocycles. The Morgan fingerprint density at radius 1 is 1.17 bits per heavy atom. The summed E-state index contributed by atoms with van der Waals surface area (Å²) >= 11 is 6.08. The van der Waals surface area contributed by atoms with Gasteiger partial charge in [-0.05, 0) is 38.6 Å². The molecular weight excluding hydrogens is 466 g/mol. The molecule has 0 radical (unpaired) electrons. The molecule has 0 spiro atoms. The molecule has 9 nitrogen and oxygen atoms in total. The van der Waals surface area contributed by atoms with Crippen molar-refractivity contribution in [3.63, 3.8) is 0 Å². The van der Waals surface area contributed by atoms with Crippen LogP contribution in [0.4, 0.5) is 11.6 Å². The molecule has 1 aromatic carbocycles. The van der Waals surface area contributed by atoms with E-state index in [-0.39, 0.29) is 36.4 Å². The van der Waals surface area contributed by atoms with Crippen molar-refractivity contribution < 1.29 is 9.59 Å². The molecule has 1 aliphatic rings. The molecule has 10 heteroatoms. The van der Waals surface area contributed by atoms with Crippen molar-refractivity contribution in [3.8, 4) is 0 Å². The number of aromatic nitrogens is 2. The van der Waals surface area contributed by atoms with E-state index in [1.54, 1.807) is 7.05 Å². The molecule has 2 heterocycles. The lowest BCUT2D eigenvalue weighted by Gasteiger charge is -2.42. The zero-order valence-corrected chi connectivity index (χ0v) is 21.9. The Labute approximate surface area is 212 Å². The van der Waals surface area contributed by atoms with E-state index >= 15 is 0 Å². The Kier molecular flexibility index (Phi) is 9.42. The molecular formula is C25H36ClN7O2. The topological polar surface area (TPSA) is 102 Å². The van der Waals surface area contributed by atoms with Crippen LogP contribution in [0.5, 0.6) is 0 Å². The number of carbonyl (C=O) groups is 2. The molecule has 3 rings (SSSR count). The highest BCUT2D eigenvalue weighted by atomic mass is 35.5. The third kappa shape index (κ3) is 6.90. The van der Waals surface area contributed by atoms with Crippen molar-refractivity contribution in [2.24, 2.45) is 0 Å². The maximum atomic E-state index is 13.7. The molecule has 1 fully saturated rings. The molecule has 3 N–H and O–H groups in total. The van der Waals surface area contributed by atoms with Crippen LogP contribution < -0.4 is 20.9 Å². The SMILES string of the molecule is CNCC(=O)Nc1ncnc(N2CCN(C(=O)[C@H](CNC(C)C)c3ccc(Cl)cc3)[C@@H](C)C2)c1C. The molecule has 2 aromatic rings. The fourth-order valence-corrected chi connectivity index (χ4v) is 4.42. The fraction of sp³-hybridized carbons (Fsp3) is 0.520. The Morgan fingerprint density at radius 3 is 2.51 bits per heavy atom.